The van der Waals surface area contributed by atoms with Crippen LogP contribution in [0.4, 0.5) is 0 Å². The summed E-state index contributed by atoms with van der Waals surface area (Å²) in [7, 11) is -0.807. The lowest BCUT2D eigenvalue weighted by molar-refractivity contribution is 0.245. The maximum Gasteiger partial charge on any atom is 0.178 e. The highest BCUT2D eigenvalue weighted by molar-refractivity contribution is 7.84. The number of aromatic nitrogens is 2. The van der Waals surface area contributed by atoms with Crippen molar-refractivity contribution in [1.82, 2.24) is 9.55 Å². The van der Waals surface area contributed by atoms with Gasteiger partial charge in [-0.15, -0.1) is 0 Å². The van der Waals surface area contributed by atoms with Crippen molar-refractivity contribution >= 4 is 34.1 Å². The molecule has 0 saturated heterocycles. The molecule has 0 fully saturated rings. The Morgan fingerprint density at radius 1 is 1.38 bits per heavy atom. The predicted molar refractivity (Wildman–Crippen MR) is 91.0 cm³/mol. The number of hydrogen-bond acceptors (Lipinski definition) is 3. The Kier molecular flexibility index (Phi) is 5.22. The van der Waals surface area contributed by atoms with Crippen molar-refractivity contribution in [2.45, 2.75) is 45.1 Å². The maximum atomic E-state index is 11.5. The van der Waals surface area contributed by atoms with Crippen LogP contribution in [-0.2, 0) is 17.3 Å². The highest BCUT2D eigenvalue weighted by Gasteiger charge is 2.12. The van der Waals surface area contributed by atoms with Gasteiger partial charge in [0.25, 0.3) is 0 Å². The molecule has 1 aromatic carbocycles. The number of hydrogen-bond donors (Lipinski definition) is 1. The summed E-state index contributed by atoms with van der Waals surface area (Å²) < 4.78 is 20.0. The largest absolute Gasteiger partial charge is 0.489 e. The Bertz CT molecular complexity index is 703. The van der Waals surface area contributed by atoms with Gasteiger partial charge in [0.15, 0.2) is 4.77 Å². The molecule has 0 spiro atoms. The second-order valence-corrected chi connectivity index (χ2v) is 7.69. The minimum Gasteiger partial charge on any atom is -0.489 e. The van der Waals surface area contributed by atoms with E-state index in [1.54, 1.807) is 6.26 Å². The Hall–Kier alpha value is -1.14. The standard InChI is InChI=1S/C15H22N2O2S2/c1-10(2)19-13-7-5-6-12-14(13)16-15(20)17(12)9-8-11(3)21(4)18/h5-7,10-11H,8-9H2,1-4H3,(H,16,20). The Morgan fingerprint density at radius 3 is 2.71 bits per heavy atom. The van der Waals surface area contributed by atoms with Crippen LogP contribution >= 0.6 is 12.2 Å². The van der Waals surface area contributed by atoms with Crippen molar-refractivity contribution in [3.63, 3.8) is 0 Å². The van der Waals surface area contributed by atoms with Crippen LogP contribution in [0.3, 0.4) is 0 Å². The molecule has 0 amide bonds. The highest BCUT2D eigenvalue weighted by Crippen LogP contribution is 2.26. The van der Waals surface area contributed by atoms with Crippen LogP contribution in [0.1, 0.15) is 27.2 Å². The third-order valence-electron chi connectivity index (χ3n) is 3.46. The molecule has 2 rings (SSSR count). The van der Waals surface area contributed by atoms with Gasteiger partial charge in [0, 0.05) is 28.9 Å². The predicted octanol–water partition coefficient (Wildman–Crippen LogP) is 3.64. The molecule has 0 saturated carbocycles. The van der Waals surface area contributed by atoms with Crippen LogP contribution in [-0.4, -0.2) is 31.4 Å². The highest BCUT2D eigenvalue weighted by atomic mass is 32.2. The second kappa shape index (κ2) is 6.75. The van der Waals surface area contributed by atoms with Gasteiger partial charge in [0.2, 0.25) is 0 Å². The van der Waals surface area contributed by atoms with Gasteiger partial charge in [-0.25, -0.2) is 0 Å². The van der Waals surface area contributed by atoms with Gasteiger partial charge in [-0.2, -0.15) is 0 Å². The fourth-order valence-corrected chi connectivity index (χ4v) is 2.93. The summed E-state index contributed by atoms with van der Waals surface area (Å²) in [5.41, 5.74) is 1.97. The minimum absolute atomic E-state index is 0.114. The fourth-order valence-electron chi connectivity index (χ4n) is 2.20. The van der Waals surface area contributed by atoms with Gasteiger partial charge >= 0.3 is 0 Å². The molecular formula is C15H22N2O2S2. The fraction of sp³-hybridized carbons (Fsp3) is 0.533. The normalized spacial score (nSPS) is 14.5. The summed E-state index contributed by atoms with van der Waals surface area (Å²) in [6.45, 7) is 6.76. The van der Waals surface area contributed by atoms with E-state index in [-0.39, 0.29) is 11.4 Å². The summed E-state index contributed by atoms with van der Waals surface area (Å²) in [6, 6.07) is 5.95. The number of ether oxygens (including phenoxy) is 1. The second-order valence-electron chi connectivity index (χ2n) is 5.50. The van der Waals surface area contributed by atoms with Gasteiger partial charge in [0.05, 0.1) is 11.6 Å². The molecule has 1 heterocycles. The van der Waals surface area contributed by atoms with Gasteiger partial charge in [-0.1, -0.05) is 13.0 Å². The number of nitrogens with zero attached hydrogens (tertiary/aromatic N) is 1. The van der Waals surface area contributed by atoms with Gasteiger partial charge in [-0.3, -0.25) is 4.21 Å². The molecule has 2 atom stereocenters. The van der Waals surface area contributed by atoms with Crippen LogP contribution in [0, 0.1) is 4.77 Å². The summed E-state index contributed by atoms with van der Waals surface area (Å²) in [5, 5.41) is 0.159. The average Bonchev–Trinajstić information content (AvgIpc) is 2.72. The lowest BCUT2D eigenvalue weighted by Gasteiger charge is -2.11. The number of imidazole rings is 1. The molecule has 2 aromatic rings. The van der Waals surface area contributed by atoms with Crippen molar-refractivity contribution in [1.29, 1.82) is 0 Å². The summed E-state index contributed by atoms with van der Waals surface area (Å²) >= 11 is 5.42. The van der Waals surface area contributed by atoms with Gasteiger partial charge in [0.1, 0.15) is 11.3 Å². The molecule has 0 aliphatic rings. The molecule has 1 aromatic heterocycles. The molecule has 6 heteroatoms. The first-order chi connectivity index (χ1) is 9.90. The molecule has 21 heavy (non-hydrogen) atoms. The van der Waals surface area contributed by atoms with E-state index >= 15 is 0 Å². The molecule has 0 aliphatic heterocycles. The molecule has 4 nitrogen and oxygen atoms in total. The van der Waals surface area contributed by atoms with Crippen molar-refractivity contribution < 1.29 is 8.95 Å². The van der Waals surface area contributed by atoms with Crippen LogP contribution in [0.25, 0.3) is 11.0 Å². The number of para-hydroxylation sites is 1. The summed E-state index contributed by atoms with van der Waals surface area (Å²) in [4.78, 5) is 3.23. The number of fused-ring (bicyclic) bond motifs is 1. The van der Waals surface area contributed by atoms with Crippen molar-refractivity contribution in [3.8, 4) is 5.75 Å². The average molecular weight is 326 g/mol. The van der Waals surface area contributed by atoms with Crippen molar-refractivity contribution in [3.05, 3.63) is 23.0 Å². The number of aromatic amines is 1. The minimum atomic E-state index is -0.807. The van der Waals surface area contributed by atoms with Crippen LogP contribution in [0.15, 0.2) is 18.2 Å². The van der Waals surface area contributed by atoms with E-state index in [0.717, 1.165) is 29.7 Å². The quantitative estimate of drug-likeness (QED) is 0.824. The number of H-pyrrole nitrogens is 1. The van der Waals surface area contributed by atoms with E-state index in [4.69, 9.17) is 17.0 Å². The third-order valence-corrected chi connectivity index (χ3v) is 5.15. The molecule has 0 bridgehead atoms. The molecule has 2 unspecified atom stereocenters. The smallest absolute Gasteiger partial charge is 0.178 e. The van der Waals surface area contributed by atoms with E-state index in [1.807, 2.05) is 39.0 Å². The molecule has 116 valence electrons. The lowest BCUT2D eigenvalue weighted by Crippen LogP contribution is -2.12. The number of rotatable bonds is 6. The molecular weight excluding hydrogens is 304 g/mol. The number of aryl methyl sites for hydroxylation is 1. The van der Waals surface area contributed by atoms with E-state index in [9.17, 15) is 4.21 Å². The molecule has 0 radical (unpaired) electrons. The zero-order chi connectivity index (χ0) is 15.6. The zero-order valence-electron chi connectivity index (χ0n) is 12.9. The monoisotopic (exact) mass is 326 g/mol. The van der Waals surface area contributed by atoms with E-state index in [0.29, 0.717) is 4.77 Å². The van der Waals surface area contributed by atoms with E-state index in [2.05, 4.69) is 9.55 Å². The first kappa shape index (κ1) is 16.2. The topological polar surface area (TPSA) is 47.0 Å². The Balaban J connectivity index is 2.35. The number of nitrogens with one attached hydrogen (secondary N) is 1. The molecule has 0 aliphatic carbocycles. The van der Waals surface area contributed by atoms with Gasteiger partial charge in [-0.05, 0) is 44.6 Å². The van der Waals surface area contributed by atoms with Gasteiger partial charge < -0.3 is 14.3 Å². The SMILES string of the molecule is CC(C)Oc1cccc2c1[nH]c(=S)n2CCC(C)S(C)=O. The zero-order valence-corrected chi connectivity index (χ0v) is 14.5. The van der Waals surface area contributed by atoms with Crippen molar-refractivity contribution in [2.75, 3.05) is 6.26 Å². The van der Waals surface area contributed by atoms with Crippen LogP contribution < -0.4 is 4.74 Å². The first-order valence-electron chi connectivity index (χ1n) is 7.10. The maximum absolute atomic E-state index is 11.5. The lowest BCUT2D eigenvalue weighted by atomic mass is 10.2. The molecule has 1 N–H and O–H groups in total. The Labute approximate surface area is 133 Å². The van der Waals surface area contributed by atoms with Crippen molar-refractivity contribution in [2.24, 2.45) is 0 Å². The summed E-state index contributed by atoms with van der Waals surface area (Å²) in [6.07, 6.45) is 2.69. The Morgan fingerprint density at radius 2 is 2.10 bits per heavy atom. The van der Waals surface area contributed by atoms with Crippen LogP contribution in [0.5, 0.6) is 5.75 Å². The van der Waals surface area contributed by atoms with E-state index in [1.165, 1.54) is 0 Å². The van der Waals surface area contributed by atoms with E-state index < -0.39 is 10.8 Å². The third kappa shape index (κ3) is 3.74. The van der Waals surface area contributed by atoms with Crippen LogP contribution in [0.2, 0.25) is 0 Å². The first-order valence-corrected chi connectivity index (χ1v) is 9.13. The number of benzene rings is 1. The summed E-state index contributed by atoms with van der Waals surface area (Å²) in [5.74, 6) is 0.819.